The molecule has 9 nitrogen and oxygen atoms in total. The maximum absolute atomic E-state index is 13.1. The largest absolute Gasteiger partial charge is 0.494 e. The number of benzene rings is 2. The highest BCUT2D eigenvalue weighted by atomic mass is 16.5. The molecule has 264 valence electrons. The third kappa shape index (κ3) is 17.9. The molecule has 1 atom stereocenters. The Morgan fingerprint density at radius 2 is 1.45 bits per heavy atom. The second kappa shape index (κ2) is 24.5. The van der Waals surface area contributed by atoms with E-state index in [9.17, 15) is 14.4 Å². The second-order valence-electron chi connectivity index (χ2n) is 12.2. The summed E-state index contributed by atoms with van der Waals surface area (Å²) in [5, 5.41) is 11.8. The van der Waals surface area contributed by atoms with Gasteiger partial charge in [0, 0.05) is 49.6 Å². The molecule has 4 N–H and O–H groups in total. The Kier molecular flexibility index (Phi) is 19.4. The van der Waals surface area contributed by atoms with Crippen LogP contribution in [0.5, 0.6) is 5.75 Å². The predicted molar refractivity (Wildman–Crippen MR) is 198 cm³/mol. The number of aromatic nitrogens is 1. The van der Waals surface area contributed by atoms with Gasteiger partial charge in [-0.05, 0) is 60.9 Å². The lowest BCUT2D eigenvalue weighted by atomic mass is 10.1. The number of hydrogen-bond donors (Lipinski definition) is 4. The molecule has 0 bridgehead atoms. The Morgan fingerprint density at radius 1 is 0.755 bits per heavy atom. The van der Waals surface area contributed by atoms with Crippen LogP contribution in [0.25, 0.3) is 6.08 Å². The zero-order valence-electron chi connectivity index (χ0n) is 29.1. The number of carbonyl (C=O) groups excluding carboxylic acids is 3. The first-order valence-electron chi connectivity index (χ1n) is 18.0. The van der Waals surface area contributed by atoms with Crippen molar-refractivity contribution in [3.8, 4) is 5.75 Å². The quantitative estimate of drug-likeness (QED) is 0.0430. The average Bonchev–Trinajstić information content (AvgIpc) is 3.12. The maximum atomic E-state index is 13.1. The smallest absolute Gasteiger partial charge is 0.263 e. The van der Waals surface area contributed by atoms with Gasteiger partial charge in [0.25, 0.3) is 5.91 Å². The van der Waals surface area contributed by atoms with Crippen molar-refractivity contribution in [2.45, 2.75) is 96.6 Å². The minimum Gasteiger partial charge on any atom is -0.494 e. The summed E-state index contributed by atoms with van der Waals surface area (Å²) >= 11 is 0. The van der Waals surface area contributed by atoms with Gasteiger partial charge in [0.1, 0.15) is 5.75 Å². The van der Waals surface area contributed by atoms with E-state index in [1.807, 2.05) is 48.5 Å². The number of pyridine rings is 1. The Bertz CT molecular complexity index is 1370. The zero-order valence-corrected chi connectivity index (χ0v) is 29.1. The van der Waals surface area contributed by atoms with Gasteiger partial charge in [0.15, 0.2) is 6.17 Å². The molecular formula is C40H55N5O4. The second-order valence-corrected chi connectivity index (χ2v) is 12.2. The molecule has 3 aromatic rings. The standard InChI is InChI=1S/C40H55N5O4/c1-2-3-4-5-6-7-8-9-10-15-30-42-37(46)21-17-32-49-36-25-23-35(24-26-36)44-39(40(48)43-31-28-34-20-14-16-29-41-34)45-38(47)27-22-33-18-12-11-13-19-33/h11-14,16,18-20,22-27,29,39,44H,2-10,15,17,21,28,30-32H2,1H3,(H,42,46)(H,43,48)(H,45,47)/b27-22-. The molecule has 0 fully saturated rings. The number of ether oxygens (including phenoxy) is 1. The van der Waals surface area contributed by atoms with E-state index in [1.165, 1.54) is 57.4 Å². The first kappa shape index (κ1) is 38.8. The number of carbonyl (C=O) groups is 3. The van der Waals surface area contributed by atoms with E-state index >= 15 is 0 Å². The molecule has 9 heteroatoms. The van der Waals surface area contributed by atoms with Crippen LogP contribution in [-0.4, -0.2) is 48.6 Å². The number of unbranched alkanes of at least 4 members (excludes halogenated alkanes) is 9. The van der Waals surface area contributed by atoms with Gasteiger partial charge in [-0.15, -0.1) is 0 Å². The summed E-state index contributed by atoms with van der Waals surface area (Å²) in [5.41, 5.74) is 2.38. The molecule has 0 saturated carbocycles. The van der Waals surface area contributed by atoms with E-state index < -0.39 is 12.1 Å². The molecule has 1 unspecified atom stereocenters. The molecule has 0 saturated heterocycles. The number of nitrogens with one attached hydrogen (secondary N) is 4. The van der Waals surface area contributed by atoms with Crippen molar-refractivity contribution < 1.29 is 19.1 Å². The van der Waals surface area contributed by atoms with Gasteiger partial charge in [-0.2, -0.15) is 0 Å². The van der Waals surface area contributed by atoms with E-state index in [-0.39, 0.29) is 11.8 Å². The summed E-state index contributed by atoms with van der Waals surface area (Å²) in [4.78, 5) is 42.4. The highest BCUT2D eigenvalue weighted by Crippen LogP contribution is 2.17. The molecule has 0 aliphatic carbocycles. The van der Waals surface area contributed by atoms with Gasteiger partial charge in [-0.3, -0.25) is 19.4 Å². The molecule has 0 spiro atoms. The minimum absolute atomic E-state index is 0.0593. The maximum Gasteiger partial charge on any atom is 0.263 e. The number of rotatable bonds is 25. The van der Waals surface area contributed by atoms with Gasteiger partial charge in [0.2, 0.25) is 11.8 Å². The van der Waals surface area contributed by atoms with E-state index in [0.29, 0.717) is 43.9 Å². The van der Waals surface area contributed by atoms with Crippen LogP contribution >= 0.6 is 0 Å². The van der Waals surface area contributed by atoms with Gasteiger partial charge in [0.05, 0.1) is 6.61 Å². The van der Waals surface area contributed by atoms with Crippen LogP contribution in [-0.2, 0) is 20.8 Å². The van der Waals surface area contributed by atoms with Crippen molar-refractivity contribution in [3.63, 3.8) is 0 Å². The average molecular weight is 670 g/mol. The summed E-state index contributed by atoms with van der Waals surface area (Å²) < 4.78 is 5.84. The summed E-state index contributed by atoms with van der Waals surface area (Å²) in [6.45, 7) is 3.77. The number of hydrogen-bond acceptors (Lipinski definition) is 6. The van der Waals surface area contributed by atoms with Crippen molar-refractivity contribution in [1.82, 2.24) is 20.9 Å². The van der Waals surface area contributed by atoms with Crippen LogP contribution in [0, 0.1) is 0 Å². The van der Waals surface area contributed by atoms with Crippen molar-refractivity contribution in [2.24, 2.45) is 0 Å². The summed E-state index contributed by atoms with van der Waals surface area (Å²) in [6, 6.07) is 22.3. The van der Waals surface area contributed by atoms with Crippen LogP contribution in [0.15, 0.2) is 85.1 Å². The van der Waals surface area contributed by atoms with E-state index in [1.54, 1.807) is 36.5 Å². The Labute approximate surface area is 292 Å². The molecule has 0 aliphatic heterocycles. The van der Waals surface area contributed by atoms with Gasteiger partial charge >= 0.3 is 0 Å². The minimum atomic E-state index is -1.01. The van der Waals surface area contributed by atoms with E-state index in [2.05, 4.69) is 33.2 Å². The predicted octanol–water partition coefficient (Wildman–Crippen LogP) is 7.20. The molecular weight excluding hydrogens is 614 g/mol. The molecule has 0 radical (unpaired) electrons. The summed E-state index contributed by atoms with van der Waals surface area (Å²) in [7, 11) is 0. The Balaban J connectivity index is 1.36. The molecule has 2 aromatic carbocycles. The lowest BCUT2D eigenvalue weighted by Crippen LogP contribution is -2.51. The first-order chi connectivity index (χ1) is 24.0. The van der Waals surface area contributed by atoms with Crippen molar-refractivity contribution >= 4 is 29.5 Å². The summed E-state index contributed by atoms with van der Waals surface area (Å²) in [5.74, 6) is -0.0653. The van der Waals surface area contributed by atoms with Gasteiger partial charge < -0.3 is 26.0 Å². The highest BCUT2D eigenvalue weighted by Gasteiger charge is 2.20. The fourth-order valence-corrected chi connectivity index (χ4v) is 5.22. The Morgan fingerprint density at radius 3 is 2.14 bits per heavy atom. The lowest BCUT2D eigenvalue weighted by Gasteiger charge is -2.20. The molecule has 0 aliphatic rings. The highest BCUT2D eigenvalue weighted by molar-refractivity contribution is 5.96. The molecule has 1 heterocycles. The van der Waals surface area contributed by atoms with Crippen LogP contribution in [0.3, 0.4) is 0 Å². The SMILES string of the molecule is CCCCCCCCCCCCNC(=O)CCCOc1ccc(NC(NC(=O)/C=C\c2ccccc2)C(=O)NCCc2ccccn2)cc1. The number of anilines is 1. The van der Waals surface area contributed by atoms with Crippen LogP contribution in [0.4, 0.5) is 5.69 Å². The van der Waals surface area contributed by atoms with Crippen molar-refractivity contribution in [2.75, 3.05) is 25.0 Å². The van der Waals surface area contributed by atoms with Crippen LogP contribution in [0.1, 0.15) is 95.2 Å². The fraction of sp³-hybridized carbons (Fsp3) is 0.450. The van der Waals surface area contributed by atoms with Crippen molar-refractivity contribution in [3.05, 3.63) is 96.3 Å². The van der Waals surface area contributed by atoms with Crippen LogP contribution < -0.4 is 26.0 Å². The van der Waals surface area contributed by atoms with Gasteiger partial charge in [-0.1, -0.05) is 101 Å². The molecule has 3 amide bonds. The third-order valence-corrected chi connectivity index (χ3v) is 8.02. The normalized spacial score (nSPS) is 11.5. The van der Waals surface area contributed by atoms with E-state index in [4.69, 9.17) is 4.74 Å². The summed E-state index contributed by atoms with van der Waals surface area (Å²) in [6.07, 6.45) is 18.2. The molecule has 3 rings (SSSR count). The monoisotopic (exact) mass is 669 g/mol. The zero-order chi connectivity index (χ0) is 34.8. The van der Waals surface area contributed by atoms with Crippen molar-refractivity contribution in [1.29, 1.82) is 0 Å². The van der Waals surface area contributed by atoms with E-state index in [0.717, 1.165) is 30.6 Å². The number of nitrogens with zero attached hydrogens (tertiary/aromatic N) is 1. The molecule has 1 aromatic heterocycles. The van der Waals surface area contributed by atoms with Crippen LogP contribution in [0.2, 0.25) is 0 Å². The fourth-order valence-electron chi connectivity index (χ4n) is 5.22. The topological polar surface area (TPSA) is 121 Å². The van der Waals surface area contributed by atoms with Gasteiger partial charge in [-0.25, -0.2) is 0 Å². The molecule has 49 heavy (non-hydrogen) atoms. The first-order valence-corrected chi connectivity index (χ1v) is 18.0. The number of amides is 3. The Hall–Kier alpha value is -4.66. The third-order valence-electron chi connectivity index (χ3n) is 8.02. The lowest BCUT2D eigenvalue weighted by molar-refractivity contribution is -0.126.